The van der Waals surface area contributed by atoms with Crippen LogP contribution in [0.25, 0.3) is 0 Å². The quantitative estimate of drug-likeness (QED) is 0.744. The third-order valence-electron chi connectivity index (χ3n) is 3.42. The van der Waals surface area contributed by atoms with Gasteiger partial charge in [-0.2, -0.15) is 0 Å². The highest BCUT2D eigenvalue weighted by molar-refractivity contribution is 7.99. The Bertz CT molecular complexity index is 344. The molecular weight excluding hydrogens is 242 g/mol. The Hall–Kier alpha value is -0.510. The van der Waals surface area contributed by atoms with E-state index in [1.54, 1.807) is 0 Å². The van der Waals surface area contributed by atoms with Crippen molar-refractivity contribution in [2.24, 2.45) is 0 Å². The Kier molecular flexibility index (Phi) is 6.19. The molecule has 3 heteroatoms. The molecule has 1 rings (SSSR count). The van der Waals surface area contributed by atoms with Crippen molar-refractivity contribution in [1.29, 1.82) is 0 Å². The van der Waals surface area contributed by atoms with E-state index < -0.39 is 0 Å². The van der Waals surface area contributed by atoms with Gasteiger partial charge in [0.05, 0.1) is 6.61 Å². The summed E-state index contributed by atoms with van der Waals surface area (Å²) in [5.41, 5.74) is 1.22. The summed E-state index contributed by atoms with van der Waals surface area (Å²) in [4.78, 5) is 1.30. The maximum atomic E-state index is 9.31. The fourth-order valence-electron chi connectivity index (χ4n) is 1.63. The Labute approximate surface area is 115 Å². The summed E-state index contributed by atoms with van der Waals surface area (Å²) in [5.74, 6) is 1.60. The van der Waals surface area contributed by atoms with Crippen LogP contribution in [0.1, 0.15) is 38.7 Å². The highest BCUT2D eigenvalue weighted by Gasteiger charge is 2.19. The average Bonchev–Trinajstić information content (AvgIpc) is 2.39. The second-order valence-electron chi connectivity index (χ2n) is 5.29. The zero-order valence-corrected chi connectivity index (χ0v) is 12.7. The molecule has 0 aliphatic carbocycles. The molecule has 0 saturated carbocycles. The number of aliphatic hydroxyl groups is 1. The van der Waals surface area contributed by atoms with Crippen molar-refractivity contribution in [3.8, 4) is 0 Å². The molecule has 0 fully saturated rings. The van der Waals surface area contributed by atoms with Crippen molar-refractivity contribution in [2.75, 3.05) is 19.4 Å². The van der Waals surface area contributed by atoms with Crippen molar-refractivity contribution in [1.82, 2.24) is 5.32 Å². The molecule has 1 atom stereocenters. The van der Waals surface area contributed by atoms with Gasteiger partial charge in [0.15, 0.2) is 0 Å². The third kappa shape index (κ3) is 4.63. The molecule has 0 aliphatic heterocycles. The van der Waals surface area contributed by atoms with Gasteiger partial charge in [-0.15, -0.1) is 11.8 Å². The standard InChI is InChI=1S/C15H25NOS/c1-12(2)13-5-7-14(8-6-13)18-10-9-15(3,11-17)16-4/h5-8,12,16-17H,9-11H2,1-4H3. The van der Waals surface area contributed by atoms with Crippen LogP contribution < -0.4 is 5.32 Å². The third-order valence-corrected chi connectivity index (χ3v) is 4.44. The fraction of sp³-hybridized carbons (Fsp3) is 0.600. The molecule has 0 amide bonds. The van der Waals surface area contributed by atoms with Crippen molar-refractivity contribution in [3.05, 3.63) is 29.8 Å². The highest BCUT2D eigenvalue weighted by atomic mass is 32.2. The lowest BCUT2D eigenvalue weighted by Gasteiger charge is -2.26. The first kappa shape index (κ1) is 15.5. The number of nitrogens with one attached hydrogen (secondary N) is 1. The van der Waals surface area contributed by atoms with Gasteiger partial charge >= 0.3 is 0 Å². The topological polar surface area (TPSA) is 32.3 Å². The summed E-state index contributed by atoms with van der Waals surface area (Å²) in [6, 6.07) is 8.79. The number of thioether (sulfide) groups is 1. The predicted molar refractivity (Wildman–Crippen MR) is 80.4 cm³/mol. The SMILES string of the molecule is CNC(C)(CO)CCSc1ccc(C(C)C)cc1. The highest BCUT2D eigenvalue weighted by Crippen LogP contribution is 2.24. The van der Waals surface area contributed by atoms with Gasteiger partial charge < -0.3 is 10.4 Å². The smallest absolute Gasteiger partial charge is 0.0610 e. The molecule has 102 valence electrons. The zero-order chi connectivity index (χ0) is 13.6. The molecule has 1 unspecified atom stereocenters. The monoisotopic (exact) mass is 267 g/mol. The summed E-state index contributed by atoms with van der Waals surface area (Å²) >= 11 is 1.85. The number of hydrogen-bond donors (Lipinski definition) is 2. The molecule has 0 heterocycles. The normalized spacial score (nSPS) is 14.8. The van der Waals surface area contributed by atoms with E-state index in [9.17, 15) is 5.11 Å². The Balaban J connectivity index is 2.44. The maximum Gasteiger partial charge on any atom is 0.0610 e. The van der Waals surface area contributed by atoms with Crippen LogP contribution in [0.2, 0.25) is 0 Å². The van der Waals surface area contributed by atoms with Crippen molar-refractivity contribution < 1.29 is 5.11 Å². The molecule has 2 N–H and O–H groups in total. The summed E-state index contributed by atoms with van der Waals surface area (Å²) in [6.45, 7) is 6.65. The number of likely N-dealkylation sites (N-methyl/N-ethyl adjacent to an activating group) is 1. The average molecular weight is 267 g/mol. The lowest BCUT2D eigenvalue weighted by Crippen LogP contribution is -2.43. The molecule has 18 heavy (non-hydrogen) atoms. The van der Waals surface area contributed by atoms with Crippen LogP contribution >= 0.6 is 11.8 Å². The maximum absolute atomic E-state index is 9.31. The molecule has 0 bridgehead atoms. The Morgan fingerprint density at radius 3 is 2.33 bits per heavy atom. The van der Waals surface area contributed by atoms with Gasteiger partial charge in [0, 0.05) is 10.4 Å². The molecule has 0 spiro atoms. The first-order valence-electron chi connectivity index (χ1n) is 6.53. The van der Waals surface area contributed by atoms with Gasteiger partial charge in [0.25, 0.3) is 0 Å². The lowest BCUT2D eigenvalue weighted by molar-refractivity contribution is 0.179. The summed E-state index contributed by atoms with van der Waals surface area (Å²) in [6.07, 6.45) is 0.955. The van der Waals surface area contributed by atoms with Crippen LogP contribution in [-0.4, -0.2) is 30.1 Å². The minimum atomic E-state index is -0.162. The number of hydrogen-bond acceptors (Lipinski definition) is 3. The van der Waals surface area contributed by atoms with E-state index >= 15 is 0 Å². The van der Waals surface area contributed by atoms with Gasteiger partial charge in [-0.3, -0.25) is 0 Å². The second kappa shape index (κ2) is 7.17. The first-order valence-corrected chi connectivity index (χ1v) is 7.52. The van der Waals surface area contributed by atoms with Gasteiger partial charge in [-0.1, -0.05) is 26.0 Å². The van der Waals surface area contributed by atoms with E-state index in [1.165, 1.54) is 10.5 Å². The number of aliphatic hydroxyl groups excluding tert-OH is 1. The number of benzene rings is 1. The minimum Gasteiger partial charge on any atom is -0.394 e. The van der Waals surface area contributed by atoms with Crippen molar-refractivity contribution >= 4 is 11.8 Å². The Morgan fingerprint density at radius 1 is 1.28 bits per heavy atom. The van der Waals surface area contributed by atoms with E-state index in [2.05, 4.69) is 50.4 Å². The summed E-state index contributed by atoms with van der Waals surface area (Å²) < 4.78 is 0. The van der Waals surface area contributed by atoms with Gasteiger partial charge in [0.1, 0.15) is 0 Å². The fourth-order valence-corrected chi connectivity index (χ4v) is 2.74. The molecule has 0 aliphatic rings. The van der Waals surface area contributed by atoms with Crippen LogP contribution in [0.4, 0.5) is 0 Å². The summed E-state index contributed by atoms with van der Waals surface area (Å²) in [7, 11) is 1.90. The van der Waals surface area contributed by atoms with E-state index in [0.717, 1.165) is 12.2 Å². The molecule has 0 saturated heterocycles. The Morgan fingerprint density at radius 2 is 1.89 bits per heavy atom. The molecule has 1 aromatic carbocycles. The van der Waals surface area contributed by atoms with Crippen molar-refractivity contribution in [2.45, 2.75) is 43.5 Å². The first-order chi connectivity index (χ1) is 8.50. The largest absolute Gasteiger partial charge is 0.394 e. The zero-order valence-electron chi connectivity index (χ0n) is 11.9. The van der Waals surface area contributed by atoms with Gasteiger partial charge in [-0.05, 0) is 49.8 Å². The van der Waals surface area contributed by atoms with Crippen LogP contribution in [-0.2, 0) is 0 Å². The van der Waals surface area contributed by atoms with Crippen LogP contribution in [0, 0.1) is 0 Å². The van der Waals surface area contributed by atoms with Gasteiger partial charge in [-0.25, -0.2) is 0 Å². The van der Waals surface area contributed by atoms with Crippen LogP contribution in [0.5, 0.6) is 0 Å². The molecule has 2 nitrogen and oxygen atoms in total. The van der Waals surface area contributed by atoms with Crippen LogP contribution in [0.3, 0.4) is 0 Å². The predicted octanol–water partition coefficient (Wildman–Crippen LogP) is 3.26. The summed E-state index contributed by atoms with van der Waals surface area (Å²) in [5, 5.41) is 12.5. The van der Waals surface area contributed by atoms with Gasteiger partial charge in [0.2, 0.25) is 0 Å². The van der Waals surface area contributed by atoms with Crippen LogP contribution in [0.15, 0.2) is 29.2 Å². The molecule has 0 radical (unpaired) electrons. The van der Waals surface area contributed by atoms with E-state index in [1.807, 2.05) is 18.8 Å². The molecular formula is C15H25NOS. The van der Waals surface area contributed by atoms with Crippen molar-refractivity contribution in [3.63, 3.8) is 0 Å². The minimum absolute atomic E-state index is 0.162. The van der Waals surface area contributed by atoms with E-state index in [4.69, 9.17) is 0 Å². The second-order valence-corrected chi connectivity index (χ2v) is 6.46. The van der Waals surface area contributed by atoms with E-state index in [0.29, 0.717) is 5.92 Å². The molecule has 0 aromatic heterocycles. The lowest BCUT2D eigenvalue weighted by atomic mass is 10.0. The molecule has 1 aromatic rings. The van der Waals surface area contributed by atoms with E-state index in [-0.39, 0.29) is 12.1 Å². The number of rotatable bonds is 7.